The molecule has 6 nitrogen and oxygen atoms in total. The van der Waals surface area contributed by atoms with Gasteiger partial charge in [0.1, 0.15) is 0 Å². The van der Waals surface area contributed by atoms with Gasteiger partial charge in [-0.15, -0.1) is 0 Å². The summed E-state index contributed by atoms with van der Waals surface area (Å²) in [7, 11) is 0. The molecule has 0 aliphatic heterocycles. The second-order valence-electron chi connectivity index (χ2n) is 4.12. The van der Waals surface area contributed by atoms with Gasteiger partial charge in [0.2, 0.25) is 5.91 Å². The standard InChI is InChI=1S/C10H17NO5/c12-4-8(5-13)11-9(14)6-1-2-7(3-6)10(15)16/h6-8,12-13H,1-5H2,(H,11,14)(H,15,16)/t6-,7+/m1/s1. The lowest BCUT2D eigenvalue weighted by Crippen LogP contribution is -2.42. The summed E-state index contributed by atoms with van der Waals surface area (Å²) in [5.74, 6) is -1.91. The smallest absolute Gasteiger partial charge is 0.306 e. The molecule has 0 aromatic heterocycles. The van der Waals surface area contributed by atoms with Gasteiger partial charge in [0.15, 0.2) is 0 Å². The predicted octanol–water partition coefficient (Wildman–Crippen LogP) is -1.04. The Kier molecular flexibility index (Phi) is 4.70. The molecule has 1 aliphatic carbocycles. The summed E-state index contributed by atoms with van der Waals surface area (Å²) in [6.45, 7) is -0.644. The van der Waals surface area contributed by atoms with Crippen LogP contribution in [0.1, 0.15) is 19.3 Å². The first-order valence-corrected chi connectivity index (χ1v) is 5.33. The zero-order valence-corrected chi connectivity index (χ0v) is 8.93. The van der Waals surface area contributed by atoms with Crippen molar-refractivity contribution in [2.45, 2.75) is 25.3 Å². The Morgan fingerprint density at radius 1 is 1.19 bits per heavy atom. The molecule has 92 valence electrons. The predicted molar refractivity (Wildman–Crippen MR) is 54.6 cm³/mol. The van der Waals surface area contributed by atoms with Crippen molar-refractivity contribution in [1.82, 2.24) is 5.32 Å². The van der Waals surface area contributed by atoms with Crippen LogP contribution in [-0.4, -0.2) is 46.5 Å². The molecule has 0 aromatic carbocycles. The number of aliphatic carboxylic acids is 1. The number of carboxylic acids is 1. The van der Waals surface area contributed by atoms with E-state index < -0.39 is 17.9 Å². The topological polar surface area (TPSA) is 107 Å². The lowest BCUT2D eigenvalue weighted by Gasteiger charge is -2.16. The lowest BCUT2D eigenvalue weighted by atomic mass is 10.0. The quantitative estimate of drug-likeness (QED) is 0.483. The van der Waals surface area contributed by atoms with Crippen LogP contribution in [0.25, 0.3) is 0 Å². The van der Waals surface area contributed by atoms with Gasteiger partial charge in [-0.3, -0.25) is 9.59 Å². The molecule has 1 saturated carbocycles. The van der Waals surface area contributed by atoms with Gasteiger partial charge in [-0.1, -0.05) is 0 Å². The van der Waals surface area contributed by atoms with Gasteiger partial charge in [0.05, 0.1) is 25.2 Å². The van der Waals surface area contributed by atoms with E-state index in [0.29, 0.717) is 19.3 Å². The normalized spacial score (nSPS) is 24.7. The Morgan fingerprint density at radius 2 is 1.75 bits per heavy atom. The molecule has 2 atom stereocenters. The zero-order chi connectivity index (χ0) is 12.1. The van der Waals surface area contributed by atoms with Gasteiger partial charge in [0, 0.05) is 5.92 Å². The third kappa shape index (κ3) is 3.18. The van der Waals surface area contributed by atoms with E-state index in [-0.39, 0.29) is 25.0 Å². The number of amides is 1. The maximum Gasteiger partial charge on any atom is 0.306 e. The highest BCUT2D eigenvalue weighted by Gasteiger charge is 2.34. The zero-order valence-electron chi connectivity index (χ0n) is 8.93. The Labute approximate surface area is 93.3 Å². The number of nitrogens with one attached hydrogen (secondary N) is 1. The van der Waals surface area contributed by atoms with E-state index in [0.717, 1.165) is 0 Å². The number of carbonyl (C=O) groups excluding carboxylic acids is 1. The van der Waals surface area contributed by atoms with Crippen molar-refractivity contribution >= 4 is 11.9 Å². The fourth-order valence-corrected chi connectivity index (χ4v) is 1.91. The maximum absolute atomic E-state index is 11.6. The second-order valence-corrected chi connectivity index (χ2v) is 4.12. The number of aliphatic hydroxyl groups is 2. The van der Waals surface area contributed by atoms with Gasteiger partial charge < -0.3 is 20.6 Å². The molecular weight excluding hydrogens is 214 g/mol. The Hall–Kier alpha value is -1.14. The molecule has 0 unspecified atom stereocenters. The highest BCUT2D eigenvalue weighted by Crippen LogP contribution is 2.31. The summed E-state index contributed by atoms with van der Waals surface area (Å²) in [6.07, 6.45) is 1.40. The average molecular weight is 231 g/mol. The van der Waals surface area contributed by atoms with E-state index in [1.54, 1.807) is 0 Å². The van der Waals surface area contributed by atoms with Crippen LogP contribution in [0.3, 0.4) is 0 Å². The van der Waals surface area contributed by atoms with E-state index in [9.17, 15) is 9.59 Å². The SMILES string of the molecule is O=C(O)[C@H]1CC[C@@H](C(=O)NC(CO)CO)C1. The monoisotopic (exact) mass is 231 g/mol. The molecular formula is C10H17NO5. The minimum atomic E-state index is -0.865. The van der Waals surface area contributed by atoms with Gasteiger partial charge in [-0.05, 0) is 19.3 Å². The van der Waals surface area contributed by atoms with Gasteiger partial charge in [-0.25, -0.2) is 0 Å². The first kappa shape index (κ1) is 12.9. The maximum atomic E-state index is 11.6. The summed E-state index contributed by atoms with van der Waals surface area (Å²) < 4.78 is 0. The lowest BCUT2D eigenvalue weighted by molar-refractivity contribution is -0.141. The van der Waals surface area contributed by atoms with Crippen LogP contribution in [0.15, 0.2) is 0 Å². The number of carbonyl (C=O) groups is 2. The third-order valence-corrected chi connectivity index (χ3v) is 2.94. The van der Waals surface area contributed by atoms with E-state index in [1.165, 1.54) is 0 Å². The number of carboxylic acid groups (broad SMARTS) is 1. The average Bonchev–Trinajstić information content (AvgIpc) is 2.74. The summed E-state index contributed by atoms with van der Waals surface area (Å²) >= 11 is 0. The van der Waals surface area contributed by atoms with Crippen molar-refractivity contribution in [3.8, 4) is 0 Å². The first-order valence-electron chi connectivity index (χ1n) is 5.33. The van der Waals surface area contributed by atoms with Crippen molar-refractivity contribution < 1.29 is 24.9 Å². The van der Waals surface area contributed by atoms with Crippen LogP contribution >= 0.6 is 0 Å². The molecule has 1 fully saturated rings. The van der Waals surface area contributed by atoms with Crippen molar-refractivity contribution in [3.05, 3.63) is 0 Å². The molecule has 1 rings (SSSR count). The number of hydrogen-bond acceptors (Lipinski definition) is 4. The molecule has 0 spiro atoms. The Morgan fingerprint density at radius 3 is 2.19 bits per heavy atom. The number of rotatable bonds is 5. The van der Waals surface area contributed by atoms with Crippen LogP contribution < -0.4 is 5.32 Å². The van der Waals surface area contributed by atoms with Crippen molar-refractivity contribution in [2.75, 3.05) is 13.2 Å². The molecule has 0 aromatic rings. The van der Waals surface area contributed by atoms with Crippen LogP contribution in [0.5, 0.6) is 0 Å². The third-order valence-electron chi connectivity index (χ3n) is 2.94. The highest BCUT2D eigenvalue weighted by molar-refractivity contribution is 5.81. The summed E-state index contributed by atoms with van der Waals surface area (Å²) in [6, 6.07) is -0.656. The summed E-state index contributed by atoms with van der Waals surface area (Å²) in [4.78, 5) is 22.3. The van der Waals surface area contributed by atoms with Gasteiger partial charge >= 0.3 is 5.97 Å². The molecule has 1 aliphatic rings. The molecule has 1 amide bonds. The van der Waals surface area contributed by atoms with Gasteiger partial charge in [0.25, 0.3) is 0 Å². The largest absolute Gasteiger partial charge is 0.481 e. The van der Waals surface area contributed by atoms with Crippen molar-refractivity contribution in [1.29, 1.82) is 0 Å². The van der Waals surface area contributed by atoms with Crippen LogP contribution in [0.2, 0.25) is 0 Å². The minimum absolute atomic E-state index is 0.281. The Bertz CT molecular complexity index is 264. The van der Waals surface area contributed by atoms with E-state index in [4.69, 9.17) is 15.3 Å². The number of hydrogen-bond donors (Lipinski definition) is 4. The van der Waals surface area contributed by atoms with Crippen LogP contribution in [0, 0.1) is 11.8 Å². The van der Waals surface area contributed by atoms with Gasteiger partial charge in [-0.2, -0.15) is 0 Å². The molecule has 6 heteroatoms. The van der Waals surface area contributed by atoms with E-state index in [1.807, 2.05) is 0 Å². The van der Waals surface area contributed by atoms with Crippen LogP contribution in [-0.2, 0) is 9.59 Å². The number of aliphatic hydroxyl groups excluding tert-OH is 2. The molecule has 0 heterocycles. The fraction of sp³-hybridized carbons (Fsp3) is 0.800. The molecule has 0 saturated heterocycles. The van der Waals surface area contributed by atoms with E-state index >= 15 is 0 Å². The van der Waals surface area contributed by atoms with Crippen LogP contribution in [0.4, 0.5) is 0 Å². The summed E-state index contributed by atoms with van der Waals surface area (Å²) in [5, 5.41) is 28.8. The second kappa shape index (κ2) is 5.81. The fourth-order valence-electron chi connectivity index (χ4n) is 1.91. The summed E-state index contributed by atoms with van der Waals surface area (Å²) in [5.41, 5.74) is 0. The Balaban J connectivity index is 2.41. The highest BCUT2D eigenvalue weighted by atomic mass is 16.4. The minimum Gasteiger partial charge on any atom is -0.481 e. The first-order chi connectivity index (χ1) is 7.58. The molecule has 0 radical (unpaired) electrons. The van der Waals surface area contributed by atoms with E-state index in [2.05, 4.69) is 5.32 Å². The molecule has 4 N–H and O–H groups in total. The molecule has 16 heavy (non-hydrogen) atoms. The van der Waals surface area contributed by atoms with Crippen molar-refractivity contribution in [3.63, 3.8) is 0 Å². The van der Waals surface area contributed by atoms with Crippen molar-refractivity contribution in [2.24, 2.45) is 11.8 Å². The molecule has 0 bridgehead atoms.